The fourth-order valence-electron chi connectivity index (χ4n) is 5.02. The number of carbonyl (C=O) groups excluding carboxylic acids is 3. The van der Waals surface area contributed by atoms with Gasteiger partial charge < -0.3 is 14.2 Å². The molecule has 0 spiro atoms. The van der Waals surface area contributed by atoms with Crippen LogP contribution in [0.1, 0.15) is 42.1 Å². The summed E-state index contributed by atoms with van der Waals surface area (Å²) in [6, 6.07) is 24.1. The van der Waals surface area contributed by atoms with Crippen molar-refractivity contribution < 1.29 is 28.6 Å². The Balaban J connectivity index is 2.18. The maximum atomic E-state index is 14.1. The first-order valence-corrected chi connectivity index (χ1v) is 13.2. The summed E-state index contributed by atoms with van der Waals surface area (Å²) in [7, 11) is 1.26. The number of rotatable bonds is 8. The molecule has 0 bridgehead atoms. The highest BCUT2D eigenvalue weighted by Crippen LogP contribution is 2.50. The van der Waals surface area contributed by atoms with E-state index in [9.17, 15) is 14.4 Å². The number of esters is 3. The molecule has 3 aromatic rings. The van der Waals surface area contributed by atoms with E-state index >= 15 is 0 Å². The van der Waals surface area contributed by atoms with Crippen LogP contribution in [0, 0.1) is 12.3 Å². The van der Waals surface area contributed by atoms with Gasteiger partial charge in [-0.1, -0.05) is 90.5 Å². The van der Waals surface area contributed by atoms with Crippen molar-refractivity contribution in [3.8, 4) is 0 Å². The van der Waals surface area contributed by atoms with Gasteiger partial charge in [0.1, 0.15) is 6.04 Å². The number of nitrogens with one attached hydrogen (secondary N) is 1. The topological polar surface area (TPSA) is 90.9 Å². The third kappa shape index (κ3) is 5.34. The number of hydrogen-bond acceptors (Lipinski definition) is 7. The van der Waals surface area contributed by atoms with Crippen LogP contribution in [0.4, 0.5) is 0 Å². The lowest BCUT2D eigenvalue weighted by Gasteiger charge is -2.31. The summed E-state index contributed by atoms with van der Waals surface area (Å²) in [5, 5.41) is 3.22. The van der Waals surface area contributed by atoms with Crippen molar-refractivity contribution in [2.45, 2.75) is 32.9 Å². The minimum absolute atomic E-state index is 0.0186. The summed E-state index contributed by atoms with van der Waals surface area (Å²) < 4.78 is 16.3. The Labute approximate surface area is 234 Å². The van der Waals surface area contributed by atoms with E-state index < -0.39 is 35.4 Å². The van der Waals surface area contributed by atoms with Crippen LogP contribution in [0.2, 0.25) is 0 Å². The predicted molar refractivity (Wildman–Crippen MR) is 151 cm³/mol. The van der Waals surface area contributed by atoms with Crippen LogP contribution in [0.3, 0.4) is 0 Å². The van der Waals surface area contributed by atoms with Gasteiger partial charge in [-0.05, 0) is 37.5 Å². The Morgan fingerprint density at radius 3 is 1.75 bits per heavy atom. The van der Waals surface area contributed by atoms with E-state index in [0.29, 0.717) is 11.1 Å². The Morgan fingerprint density at radius 1 is 0.800 bits per heavy atom. The van der Waals surface area contributed by atoms with Gasteiger partial charge in [-0.15, -0.1) is 5.73 Å². The molecular weight excluding hydrogens is 506 g/mol. The van der Waals surface area contributed by atoms with Gasteiger partial charge >= 0.3 is 17.9 Å². The van der Waals surface area contributed by atoms with E-state index in [1.807, 2.05) is 91.9 Å². The molecule has 3 aromatic carbocycles. The van der Waals surface area contributed by atoms with E-state index in [2.05, 4.69) is 11.0 Å². The number of carbonyl (C=O) groups is 3. The van der Waals surface area contributed by atoms with Gasteiger partial charge in [0, 0.05) is 11.1 Å². The van der Waals surface area contributed by atoms with Gasteiger partial charge in [-0.3, -0.25) is 14.9 Å². The van der Waals surface area contributed by atoms with E-state index in [-0.39, 0.29) is 18.8 Å². The van der Waals surface area contributed by atoms with Gasteiger partial charge in [0.25, 0.3) is 0 Å². The molecule has 0 aromatic heterocycles. The van der Waals surface area contributed by atoms with Crippen molar-refractivity contribution in [1.82, 2.24) is 5.32 Å². The third-order valence-corrected chi connectivity index (χ3v) is 6.91. The number of benzene rings is 3. The lowest BCUT2D eigenvalue weighted by molar-refractivity contribution is -0.169. The first kappa shape index (κ1) is 28.6. The molecule has 0 aliphatic carbocycles. The van der Waals surface area contributed by atoms with Gasteiger partial charge in [0.2, 0.25) is 5.41 Å². The van der Waals surface area contributed by atoms with Crippen LogP contribution < -0.4 is 5.32 Å². The first-order chi connectivity index (χ1) is 19.4. The van der Waals surface area contributed by atoms with E-state index in [0.717, 1.165) is 16.7 Å². The second kappa shape index (κ2) is 12.6. The fraction of sp³-hybridized carbons (Fsp3) is 0.273. The van der Waals surface area contributed by atoms with Gasteiger partial charge in [-0.25, -0.2) is 4.79 Å². The zero-order valence-corrected chi connectivity index (χ0v) is 23.1. The lowest BCUT2D eigenvalue weighted by Crippen LogP contribution is -2.47. The smallest absolute Gasteiger partial charge is 0.330 e. The number of hydrogen-bond donors (Lipinski definition) is 1. The Hall–Kier alpha value is -4.45. The average Bonchev–Trinajstić information content (AvgIpc) is 3.32. The van der Waals surface area contributed by atoms with Crippen LogP contribution in [-0.2, 0) is 28.6 Å². The van der Waals surface area contributed by atoms with Crippen LogP contribution >= 0.6 is 0 Å². The standard InChI is InChI=1S/C33H33NO6/c1-5-39-31(36)33(32(37)40-6-2)27(21-26(23-13-9-7-10-14-23)24-15-11-8-12-16-24)28(30(35)38-4)34-29(33)25-19-17-22(3)18-20-25/h7-20,28-29,34H,5-6H2,1-4H3/t28-,29-/m1/s1. The van der Waals surface area contributed by atoms with Crippen LogP contribution in [0.5, 0.6) is 0 Å². The Morgan fingerprint density at radius 2 is 1.30 bits per heavy atom. The molecule has 1 N–H and O–H groups in total. The minimum atomic E-state index is -2.06. The number of aryl methyl sites for hydroxylation is 1. The molecule has 4 rings (SSSR count). The van der Waals surface area contributed by atoms with E-state index in [4.69, 9.17) is 14.2 Å². The maximum absolute atomic E-state index is 14.1. The predicted octanol–water partition coefficient (Wildman–Crippen LogP) is 4.95. The highest BCUT2D eigenvalue weighted by Gasteiger charge is 2.66. The normalized spacial score (nSPS) is 17.4. The van der Waals surface area contributed by atoms with Crippen molar-refractivity contribution in [2.24, 2.45) is 5.41 Å². The monoisotopic (exact) mass is 539 g/mol. The Kier molecular flexibility index (Phi) is 9.00. The molecule has 0 unspecified atom stereocenters. The molecule has 0 amide bonds. The molecule has 1 fully saturated rings. The molecule has 0 radical (unpaired) electrons. The van der Waals surface area contributed by atoms with Crippen molar-refractivity contribution in [3.63, 3.8) is 0 Å². The summed E-state index contributed by atoms with van der Waals surface area (Å²) in [5.41, 5.74) is 5.14. The molecule has 1 aliphatic rings. The van der Waals surface area contributed by atoms with Crippen molar-refractivity contribution >= 4 is 23.5 Å². The molecule has 0 saturated carbocycles. The van der Waals surface area contributed by atoms with Crippen molar-refractivity contribution in [1.29, 1.82) is 0 Å². The Bertz CT molecular complexity index is 1360. The summed E-state index contributed by atoms with van der Waals surface area (Å²) in [6.07, 6.45) is 0. The van der Waals surface area contributed by atoms with E-state index in [1.54, 1.807) is 13.8 Å². The van der Waals surface area contributed by atoms with Gasteiger partial charge in [0.15, 0.2) is 0 Å². The third-order valence-electron chi connectivity index (χ3n) is 6.91. The largest absolute Gasteiger partial charge is 0.468 e. The first-order valence-electron chi connectivity index (χ1n) is 13.2. The van der Waals surface area contributed by atoms with Crippen LogP contribution in [-0.4, -0.2) is 44.3 Å². The van der Waals surface area contributed by atoms with Crippen molar-refractivity contribution in [3.05, 3.63) is 118 Å². The van der Waals surface area contributed by atoms with Crippen molar-refractivity contribution in [2.75, 3.05) is 20.3 Å². The quantitative estimate of drug-likeness (QED) is 0.187. The molecule has 2 atom stereocenters. The highest BCUT2D eigenvalue weighted by atomic mass is 16.6. The summed E-state index contributed by atoms with van der Waals surface area (Å²) in [4.78, 5) is 41.4. The summed E-state index contributed by atoms with van der Waals surface area (Å²) in [5.74, 6) is -2.34. The van der Waals surface area contributed by atoms with E-state index in [1.165, 1.54) is 7.11 Å². The zero-order valence-electron chi connectivity index (χ0n) is 23.1. The molecule has 7 nitrogen and oxygen atoms in total. The molecule has 40 heavy (non-hydrogen) atoms. The van der Waals surface area contributed by atoms with Gasteiger partial charge in [-0.2, -0.15) is 0 Å². The lowest BCUT2D eigenvalue weighted by atomic mass is 9.72. The molecule has 1 aliphatic heterocycles. The second-order valence-electron chi connectivity index (χ2n) is 9.36. The second-order valence-corrected chi connectivity index (χ2v) is 9.36. The molecule has 7 heteroatoms. The number of ether oxygens (including phenoxy) is 3. The SMILES string of the molecule is CCOC(=O)C1(C(=O)OCC)C(=C=C(c2ccccc2)c2ccccc2)[C@H](C(=O)OC)N[C@@H]1c1ccc(C)cc1. The molecule has 206 valence electrons. The average molecular weight is 540 g/mol. The fourth-order valence-corrected chi connectivity index (χ4v) is 5.02. The van der Waals surface area contributed by atoms with Crippen LogP contribution in [0.15, 0.2) is 96.2 Å². The maximum Gasteiger partial charge on any atom is 0.330 e. The minimum Gasteiger partial charge on any atom is -0.468 e. The molecule has 1 heterocycles. The summed E-state index contributed by atoms with van der Waals surface area (Å²) >= 11 is 0. The molecular formula is C33H33NO6. The number of methoxy groups -OCH3 is 1. The zero-order chi connectivity index (χ0) is 28.7. The van der Waals surface area contributed by atoms with Crippen LogP contribution in [0.25, 0.3) is 5.57 Å². The molecule has 1 saturated heterocycles. The van der Waals surface area contributed by atoms with Gasteiger partial charge in [0.05, 0.1) is 26.4 Å². The highest BCUT2D eigenvalue weighted by molar-refractivity contribution is 6.08. The summed E-state index contributed by atoms with van der Waals surface area (Å²) in [6.45, 7) is 5.30.